The topological polar surface area (TPSA) is 72.3 Å². The zero-order valence-electron chi connectivity index (χ0n) is 13.2. The molecule has 0 bridgehead atoms. The molecular weight excluding hydrogens is 367 g/mol. The molecule has 3 aromatic heterocycles. The van der Waals surface area contributed by atoms with Gasteiger partial charge in [0.25, 0.3) is 0 Å². The number of aromatic nitrogens is 3. The summed E-state index contributed by atoms with van der Waals surface area (Å²) in [5.41, 5.74) is 3.45. The molecule has 0 atom stereocenters. The average molecular weight is 379 g/mol. The molecule has 1 aliphatic heterocycles. The standard InChI is InChI=1S/C16H12F3N5OS/c17-16(18,19)13-7-10-12(8-21-13)26-15(22-10)24-23-9-3-2-6-25-11-4-1-5-20-14(9)11/h1,4-5,7-8H,2-3,6H2,(H,22,24)/b23-9+. The van der Waals surface area contributed by atoms with E-state index in [1.165, 1.54) is 17.5 Å². The van der Waals surface area contributed by atoms with E-state index in [0.717, 1.165) is 12.5 Å². The molecule has 0 radical (unpaired) electrons. The minimum Gasteiger partial charge on any atom is -0.491 e. The minimum absolute atomic E-state index is 0.225. The van der Waals surface area contributed by atoms with Gasteiger partial charge in [-0.1, -0.05) is 11.3 Å². The third-order valence-electron chi connectivity index (χ3n) is 3.71. The highest BCUT2D eigenvalue weighted by Gasteiger charge is 2.32. The number of hydrogen-bond acceptors (Lipinski definition) is 7. The lowest BCUT2D eigenvalue weighted by Gasteiger charge is -2.05. The Bertz CT molecular complexity index is 985. The van der Waals surface area contributed by atoms with Gasteiger partial charge in [0.05, 0.1) is 22.5 Å². The number of thiazole rings is 1. The van der Waals surface area contributed by atoms with Crippen LogP contribution >= 0.6 is 11.3 Å². The number of halogens is 3. The van der Waals surface area contributed by atoms with E-state index in [9.17, 15) is 13.2 Å². The summed E-state index contributed by atoms with van der Waals surface area (Å²) in [5.74, 6) is 0.661. The molecule has 6 nitrogen and oxygen atoms in total. The van der Waals surface area contributed by atoms with E-state index in [1.54, 1.807) is 12.3 Å². The molecule has 0 amide bonds. The summed E-state index contributed by atoms with van der Waals surface area (Å²) in [5, 5.41) is 4.74. The van der Waals surface area contributed by atoms with E-state index < -0.39 is 11.9 Å². The monoisotopic (exact) mass is 379 g/mol. The quantitative estimate of drug-likeness (QED) is 0.679. The first-order chi connectivity index (χ1) is 12.5. The number of hydrogen-bond donors (Lipinski definition) is 1. The van der Waals surface area contributed by atoms with Crippen molar-refractivity contribution in [1.82, 2.24) is 15.0 Å². The number of nitrogens with zero attached hydrogens (tertiary/aromatic N) is 4. The van der Waals surface area contributed by atoms with Crippen molar-refractivity contribution in [2.45, 2.75) is 19.0 Å². The summed E-state index contributed by atoms with van der Waals surface area (Å²) in [6, 6.07) is 4.54. The summed E-state index contributed by atoms with van der Waals surface area (Å²) >= 11 is 1.18. The molecule has 0 aromatic carbocycles. The van der Waals surface area contributed by atoms with Gasteiger partial charge in [0.1, 0.15) is 17.1 Å². The van der Waals surface area contributed by atoms with Gasteiger partial charge in [0.2, 0.25) is 5.13 Å². The van der Waals surface area contributed by atoms with Crippen molar-refractivity contribution in [2.75, 3.05) is 12.0 Å². The Morgan fingerprint density at radius 2 is 2.15 bits per heavy atom. The smallest absolute Gasteiger partial charge is 0.433 e. The highest BCUT2D eigenvalue weighted by molar-refractivity contribution is 7.22. The van der Waals surface area contributed by atoms with E-state index in [4.69, 9.17) is 4.74 Å². The molecule has 0 unspecified atom stereocenters. The highest BCUT2D eigenvalue weighted by Crippen LogP contribution is 2.32. The maximum Gasteiger partial charge on any atom is 0.433 e. The number of alkyl halides is 3. The van der Waals surface area contributed by atoms with E-state index in [0.29, 0.717) is 40.0 Å². The van der Waals surface area contributed by atoms with Gasteiger partial charge >= 0.3 is 6.18 Å². The molecule has 0 fully saturated rings. The maximum absolute atomic E-state index is 12.7. The van der Waals surface area contributed by atoms with E-state index in [-0.39, 0.29) is 5.52 Å². The van der Waals surface area contributed by atoms with Crippen LogP contribution in [0.15, 0.2) is 35.7 Å². The Morgan fingerprint density at radius 3 is 3.00 bits per heavy atom. The SMILES string of the molecule is FC(F)(F)c1cc2nc(N/N=C3\CCCOc4cccnc43)sc2cn1. The van der Waals surface area contributed by atoms with Gasteiger partial charge < -0.3 is 4.74 Å². The molecule has 0 spiro atoms. The average Bonchev–Trinajstić information content (AvgIpc) is 2.91. The van der Waals surface area contributed by atoms with Gasteiger partial charge in [-0.2, -0.15) is 18.3 Å². The number of ether oxygens (including phenoxy) is 1. The van der Waals surface area contributed by atoms with Crippen molar-refractivity contribution in [3.8, 4) is 5.75 Å². The summed E-state index contributed by atoms with van der Waals surface area (Å²) in [7, 11) is 0. The largest absolute Gasteiger partial charge is 0.491 e. The second kappa shape index (κ2) is 6.52. The number of anilines is 1. The van der Waals surface area contributed by atoms with E-state index in [1.807, 2.05) is 6.07 Å². The normalized spacial score (nSPS) is 16.2. The molecule has 4 heterocycles. The molecule has 1 N–H and O–H groups in total. The molecule has 3 aromatic rings. The third-order valence-corrected chi connectivity index (χ3v) is 4.62. The zero-order chi connectivity index (χ0) is 18.1. The van der Waals surface area contributed by atoms with Gasteiger partial charge in [-0.15, -0.1) is 0 Å². The summed E-state index contributed by atoms with van der Waals surface area (Å²) < 4.78 is 44.4. The number of fused-ring (bicyclic) bond motifs is 2. The van der Waals surface area contributed by atoms with Crippen LogP contribution in [0.2, 0.25) is 0 Å². The number of rotatable bonds is 2. The van der Waals surface area contributed by atoms with Gasteiger partial charge in [-0.25, -0.2) is 4.98 Å². The molecular formula is C16H12F3N5OS. The Balaban J connectivity index is 1.62. The predicted molar refractivity (Wildman–Crippen MR) is 91.5 cm³/mol. The molecule has 0 aliphatic carbocycles. The lowest BCUT2D eigenvalue weighted by Crippen LogP contribution is -2.07. The number of hydrazone groups is 1. The Labute approximate surface area is 149 Å². The summed E-state index contributed by atoms with van der Waals surface area (Å²) in [6.07, 6.45) is -0.214. The van der Waals surface area contributed by atoms with Gasteiger partial charge in [-0.05, 0) is 31.0 Å². The van der Waals surface area contributed by atoms with Crippen LogP contribution in [-0.4, -0.2) is 27.3 Å². The lowest BCUT2D eigenvalue weighted by molar-refractivity contribution is -0.141. The predicted octanol–water partition coefficient (Wildman–Crippen LogP) is 4.09. The lowest BCUT2D eigenvalue weighted by atomic mass is 10.1. The van der Waals surface area contributed by atoms with Crippen molar-refractivity contribution >= 4 is 32.4 Å². The molecule has 10 heteroatoms. The Hall–Kier alpha value is -2.75. The van der Waals surface area contributed by atoms with Crippen molar-refractivity contribution < 1.29 is 17.9 Å². The first kappa shape index (κ1) is 16.7. The van der Waals surface area contributed by atoms with Crippen LogP contribution in [0, 0.1) is 0 Å². The third kappa shape index (κ3) is 3.32. The van der Waals surface area contributed by atoms with Crippen molar-refractivity contribution in [2.24, 2.45) is 5.10 Å². The zero-order valence-corrected chi connectivity index (χ0v) is 14.1. The van der Waals surface area contributed by atoms with Crippen LogP contribution in [0.4, 0.5) is 18.3 Å². The fourth-order valence-corrected chi connectivity index (χ4v) is 3.28. The van der Waals surface area contributed by atoms with Crippen LogP contribution in [0.3, 0.4) is 0 Å². The van der Waals surface area contributed by atoms with Crippen molar-refractivity contribution in [3.05, 3.63) is 42.0 Å². The van der Waals surface area contributed by atoms with Gasteiger partial charge in [-0.3, -0.25) is 15.4 Å². The first-order valence-corrected chi connectivity index (χ1v) is 8.57. The molecule has 134 valence electrons. The second-order valence-corrected chi connectivity index (χ2v) is 6.56. The van der Waals surface area contributed by atoms with Crippen LogP contribution in [0.25, 0.3) is 10.2 Å². The maximum atomic E-state index is 12.7. The summed E-state index contributed by atoms with van der Waals surface area (Å²) in [4.78, 5) is 11.9. The van der Waals surface area contributed by atoms with E-state index in [2.05, 4.69) is 25.5 Å². The molecule has 1 aliphatic rings. The Kier molecular flexibility index (Phi) is 4.19. The summed E-state index contributed by atoms with van der Waals surface area (Å²) in [6.45, 7) is 0.574. The van der Waals surface area contributed by atoms with Gasteiger partial charge in [0, 0.05) is 12.4 Å². The number of pyridine rings is 2. The number of nitrogens with one attached hydrogen (secondary N) is 1. The van der Waals surface area contributed by atoms with Crippen LogP contribution < -0.4 is 10.2 Å². The fraction of sp³-hybridized carbons (Fsp3) is 0.250. The van der Waals surface area contributed by atoms with Crippen molar-refractivity contribution in [3.63, 3.8) is 0 Å². The Morgan fingerprint density at radius 1 is 1.27 bits per heavy atom. The van der Waals surface area contributed by atoms with E-state index >= 15 is 0 Å². The van der Waals surface area contributed by atoms with Crippen LogP contribution in [-0.2, 0) is 6.18 Å². The fourth-order valence-electron chi connectivity index (χ4n) is 2.53. The molecule has 26 heavy (non-hydrogen) atoms. The van der Waals surface area contributed by atoms with Crippen LogP contribution in [0.1, 0.15) is 24.2 Å². The second-order valence-electron chi connectivity index (χ2n) is 5.53. The van der Waals surface area contributed by atoms with Crippen molar-refractivity contribution in [1.29, 1.82) is 0 Å². The van der Waals surface area contributed by atoms with Gasteiger partial charge in [0.15, 0.2) is 0 Å². The first-order valence-electron chi connectivity index (χ1n) is 7.75. The molecule has 4 rings (SSSR count). The highest BCUT2D eigenvalue weighted by atomic mass is 32.1. The molecule has 0 saturated heterocycles. The minimum atomic E-state index is -4.50. The molecule has 0 saturated carbocycles. The van der Waals surface area contributed by atoms with Crippen LogP contribution in [0.5, 0.6) is 5.75 Å².